The van der Waals surface area contributed by atoms with Crippen molar-refractivity contribution in [3.05, 3.63) is 101 Å². The number of hydrogen-bond donors (Lipinski definition) is 0. The Kier molecular flexibility index (Phi) is 10.4. The molecule has 1 atom stereocenters. The summed E-state index contributed by atoms with van der Waals surface area (Å²) >= 11 is 6.45. The number of nitrogens with zero attached hydrogens (tertiary/aromatic N) is 3. The van der Waals surface area contributed by atoms with Crippen molar-refractivity contribution >= 4 is 29.5 Å². The number of rotatable bonds is 11. The van der Waals surface area contributed by atoms with Crippen LogP contribution in [0.25, 0.3) is 6.08 Å². The van der Waals surface area contributed by atoms with Crippen molar-refractivity contribution in [3.8, 4) is 0 Å². The third-order valence-corrected chi connectivity index (χ3v) is 8.19. The second-order valence-corrected chi connectivity index (χ2v) is 10.9. The monoisotopic (exact) mass is 545 g/mol. The van der Waals surface area contributed by atoms with Gasteiger partial charge < -0.3 is 14.4 Å². The minimum Gasteiger partial charge on any atom is -0.345 e. The van der Waals surface area contributed by atoms with Gasteiger partial charge in [0.25, 0.3) is 0 Å². The molecule has 1 saturated carbocycles. The van der Waals surface area contributed by atoms with E-state index in [1.165, 1.54) is 6.42 Å². The molecule has 1 heterocycles. The number of benzene rings is 2. The number of carbonyl (C=O) groups excluding carboxylic acids is 2. The predicted molar refractivity (Wildman–Crippen MR) is 159 cm³/mol. The lowest BCUT2D eigenvalue weighted by Crippen LogP contribution is -2.49. The Labute approximate surface area is 238 Å². The standard InChI is InChI=1S/C33H40ClN3O2/c1-3-26(2)36(32(38)21-20-27-13-6-4-7-14-27)25-33(39)37(29-16-8-5-9-17-29)24-30-18-12-22-35(30)23-28-15-10-11-19-31(28)34/h4,6-7,10-15,18-22,26,29H,3,5,8-9,16-17,23-25H2,1-2H3. The van der Waals surface area contributed by atoms with Crippen LogP contribution >= 0.6 is 11.6 Å². The van der Waals surface area contributed by atoms with Crippen molar-refractivity contribution in [1.82, 2.24) is 14.4 Å². The Balaban J connectivity index is 1.54. The molecular formula is C33H40ClN3O2. The van der Waals surface area contributed by atoms with Gasteiger partial charge in [-0.15, -0.1) is 0 Å². The SMILES string of the molecule is CCC(C)N(CC(=O)N(Cc1cccn1Cc1ccccc1Cl)C1CCCCC1)C(=O)C=Cc1ccccc1. The molecule has 2 aromatic carbocycles. The lowest BCUT2D eigenvalue weighted by atomic mass is 9.94. The first kappa shape index (κ1) is 28.7. The second kappa shape index (κ2) is 14.2. The molecule has 0 aliphatic heterocycles. The van der Waals surface area contributed by atoms with Crippen molar-refractivity contribution < 1.29 is 9.59 Å². The van der Waals surface area contributed by atoms with Gasteiger partial charge in [0.2, 0.25) is 11.8 Å². The lowest BCUT2D eigenvalue weighted by molar-refractivity contribution is -0.142. The van der Waals surface area contributed by atoms with Crippen LogP contribution in [-0.4, -0.2) is 44.8 Å². The number of halogens is 1. The first-order chi connectivity index (χ1) is 19.0. The van der Waals surface area contributed by atoms with Crippen molar-refractivity contribution in [2.24, 2.45) is 0 Å². The fourth-order valence-electron chi connectivity index (χ4n) is 5.28. The molecule has 4 rings (SSSR count). The van der Waals surface area contributed by atoms with E-state index in [1.807, 2.05) is 84.8 Å². The number of hydrogen-bond acceptors (Lipinski definition) is 2. The van der Waals surface area contributed by atoms with Gasteiger partial charge in [-0.2, -0.15) is 0 Å². The average Bonchev–Trinajstić information content (AvgIpc) is 3.41. The smallest absolute Gasteiger partial charge is 0.247 e. The van der Waals surface area contributed by atoms with Gasteiger partial charge >= 0.3 is 0 Å². The Bertz CT molecular complexity index is 1250. The zero-order valence-electron chi connectivity index (χ0n) is 23.1. The van der Waals surface area contributed by atoms with Crippen molar-refractivity contribution in [1.29, 1.82) is 0 Å². The fraction of sp³-hybridized carbons (Fsp3) is 0.394. The largest absolute Gasteiger partial charge is 0.345 e. The van der Waals surface area contributed by atoms with E-state index >= 15 is 0 Å². The summed E-state index contributed by atoms with van der Waals surface area (Å²) in [7, 11) is 0. The zero-order valence-corrected chi connectivity index (χ0v) is 23.9. The summed E-state index contributed by atoms with van der Waals surface area (Å²) in [5, 5.41) is 0.739. The summed E-state index contributed by atoms with van der Waals surface area (Å²) in [4.78, 5) is 31.0. The summed E-state index contributed by atoms with van der Waals surface area (Å²) in [5.74, 6) is -0.124. The predicted octanol–water partition coefficient (Wildman–Crippen LogP) is 7.19. The van der Waals surface area contributed by atoms with Crippen molar-refractivity contribution in [2.75, 3.05) is 6.54 Å². The maximum atomic E-state index is 14.0. The fourth-order valence-corrected chi connectivity index (χ4v) is 5.48. The van der Waals surface area contributed by atoms with Gasteiger partial charge in [-0.25, -0.2) is 0 Å². The Morgan fingerprint density at radius 3 is 2.44 bits per heavy atom. The van der Waals surface area contributed by atoms with E-state index in [1.54, 1.807) is 11.0 Å². The highest BCUT2D eigenvalue weighted by molar-refractivity contribution is 6.31. The van der Waals surface area contributed by atoms with Gasteiger partial charge in [-0.1, -0.05) is 86.3 Å². The van der Waals surface area contributed by atoms with Crippen molar-refractivity contribution in [2.45, 2.75) is 77.5 Å². The Morgan fingerprint density at radius 1 is 1.00 bits per heavy atom. The zero-order chi connectivity index (χ0) is 27.6. The summed E-state index contributed by atoms with van der Waals surface area (Å²) in [5.41, 5.74) is 3.08. The summed E-state index contributed by atoms with van der Waals surface area (Å²) in [6.45, 7) is 5.31. The van der Waals surface area contributed by atoms with Gasteiger partial charge in [0.05, 0.1) is 6.54 Å². The van der Waals surface area contributed by atoms with E-state index in [2.05, 4.69) is 17.6 Å². The van der Waals surface area contributed by atoms with Gasteiger partial charge in [-0.05, 0) is 61.6 Å². The Hall–Kier alpha value is -3.31. The normalized spacial score (nSPS) is 14.8. The Morgan fingerprint density at radius 2 is 1.72 bits per heavy atom. The van der Waals surface area contributed by atoms with Crippen LogP contribution < -0.4 is 0 Å². The van der Waals surface area contributed by atoms with E-state index in [0.717, 1.165) is 53.9 Å². The maximum absolute atomic E-state index is 14.0. The molecule has 1 aromatic heterocycles. The highest BCUT2D eigenvalue weighted by atomic mass is 35.5. The highest BCUT2D eigenvalue weighted by Gasteiger charge is 2.29. The summed E-state index contributed by atoms with van der Waals surface area (Å²) < 4.78 is 2.17. The molecule has 2 amide bonds. The topological polar surface area (TPSA) is 45.6 Å². The van der Waals surface area contributed by atoms with E-state index in [-0.39, 0.29) is 30.4 Å². The number of amides is 2. The quantitative estimate of drug-likeness (QED) is 0.239. The van der Waals surface area contributed by atoms with Crippen LogP contribution in [-0.2, 0) is 22.7 Å². The molecule has 1 fully saturated rings. The first-order valence-corrected chi connectivity index (χ1v) is 14.5. The molecule has 1 aliphatic carbocycles. The van der Waals surface area contributed by atoms with Crippen LogP contribution in [0.3, 0.4) is 0 Å². The molecule has 0 radical (unpaired) electrons. The molecule has 39 heavy (non-hydrogen) atoms. The van der Waals surface area contributed by atoms with Gasteiger partial charge in [0, 0.05) is 41.6 Å². The molecule has 0 bridgehead atoms. The molecule has 0 spiro atoms. The van der Waals surface area contributed by atoms with Crippen LogP contribution in [0.2, 0.25) is 5.02 Å². The van der Waals surface area contributed by atoms with E-state index in [4.69, 9.17) is 11.6 Å². The minimum atomic E-state index is -0.132. The average molecular weight is 546 g/mol. The van der Waals surface area contributed by atoms with E-state index < -0.39 is 0 Å². The van der Waals surface area contributed by atoms with Gasteiger partial charge in [0.15, 0.2) is 0 Å². The van der Waals surface area contributed by atoms with Gasteiger partial charge in [0.1, 0.15) is 6.54 Å². The molecule has 3 aromatic rings. The minimum absolute atomic E-state index is 0.00848. The lowest BCUT2D eigenvalue weighted by Gasteiger charge is -2.37. The molecule has 206 valence electrons. The number of aromatic nitrogens is 1. The number of carbonyl (C=O) groups is 2. The van der Waals surface area contributed by atoms with Crippen LogP contribution in [0, 0.1) is 0 Å². The molecule has 1 aliphatic rings. The molecule has 5 nitrogen and oxygen atoms in total. The summed E-state index contributed by atoms with van der Waals surface area (Å²) in [6, 6.07) is 21.9. The summed E-state index contributed by atoms with van der Waals surface area (Å²) in [6.07, 6.45) is 11.7. The van der Waals surface area contributed by atoms with Crippen LogP contribution in [0.5, 0.6) is 0 Å². The van der Waals surface area contributed by atoms with Crippen LogP contribution in [0.15, 0.2) is 79.0 Å². The highest BCUT2D eigenvalue weighted by Crippen LogP contribution is 2.26. The van der Waals surface area contributed by atoms with Crippen molar-refractivity contribution in [3.63, 3.8) is 0 Å². The van der Waals surface area contributed by atoms with E-state index in [0.29, 0.717) is 13.1 Å². The van der Waals surface area contributed by atoms with Gasteiger partial charge in [-0.3, -0.25) is 9.59 Å². The van der Waals surface area contributed by atoms with Crippen LogP contribution in [0.1, 0.15) is 69.2 Å². The van der Waals surface area contributed by atoms with Crippen LogP contribution in [0.4, 0.5) is 0 Å². The van der Waals surface area contributed by atoms with E-state index in [9.17, 15) is 9.59 Å². The molecular weight excluding hydrogens is 506 g/mol. The molecule has 0 N–H and O–H groups in total. The molecule has 1 unspecified atom stereocenters. The molecule has 0 saturated heterocycles. The third kappa shape index (κ3) is 7.86. The third-order valence-electron chi connectivity index (χ3n) is 7.82. The maximum Gasteiger partial charge on any atom is 0.247 e. The second-order valence-electron chi connectivity index (χ2n) is 10.5. The first-order valence-electron chi connectivity index (χ1n) is 14.2. The molecule has 6 heteroatoms.